The van der Waals surface area contributed by atoms with E-state index in [1.807, 2.05) is 0 Å². The fourth-order valence-corrected chi connectivity index (χ4v) is 0.694. The zero-order chi connectivity index (χ0) is 6.48. The van der Waals surface area contributed by atoms with Crippen molar-refractivity contribution in [3.8, 4) is 11.9 Å². The smallest absolute Gasteiger partial charge is 0.415 e. The minimum absolute atomic E-state index is 0.347. The Kier molecular flexibility index (Phi) is 0.583. The van der Waals surface area contributed by atoms with E-state index in [9.17, 15) is 0 Å². The molecule has 1 aromatic rings. The molecule has 0 saturated heterocycles. The van der Waals surface area contributed by atoms with Gasteiger partial charge in [0.25, 0.3) is 5.79 Å². The molecule has 0 fully saturated rings. The number of fused-ring (bicyclic) bond motifs is 1. The van der Waals surface area contributed by atoms with Crippen molar-refractivity contribution in [1.29, 1.82) is 0 Å². The lowest BCUT2D eigenvalue weighted by atomic mass is 10.4. The van der Waals surface area contributed by atoms with E-state index >= 15 is 0 Å². The summed E-state index contributed by atoms with van der Waals surface area (Å²) in [5, 5.41) is 0. The van der Waals surface area contributed by atoms with Crippen LogP contribution >= 0.6 is 0 Å². The summed E-state index contributed by atoms with van der Waals surface area (Å²) in [5.41, 5.74) is 0. The van der Waals surface area contributed by atoms with E-state index in [1.54, 1.807) is 13.8 Å². The number of hydrogen-bond acceptors (Lipinski definition) is 4. The molecule has 0 atom stereocenters. The number of hydrogen-bond donors (Lipinski definition) is 0. The van der Waals surface area contributed by atoms with Crippen LogP contribution in [0.15, 0.2) is 9.15 Å². The standard InChI is InChI=1S/C5H6O4/c1-5(2)6-3-4(7-5)9-8-3/h1-2H3. The molecule has 0 unspecified atom stereocenters. The predicted octanol–water partition coefficient (Wildman–Crippen LogP) is 1.38. The molecule has 0 N–H and O–H groups in total. The molecule has 0 aromatic carbocycles. The maximum atomic E-state index is 5.06. The molecule has 50 valence electrons. The molecule has 4 heteroatoms. The van der Waals surface area contributed by atoms with E-state index in [-0.39, 0.29) is 0 Å². The molecule has 4 nitrogen and oxygen atoms in total. The summed E-state index contributed by atoms with van der Waals surface area (Å²) in [5.74, 6) is 0.0706. The summed E-state index contributed by atoms with van der Waals surface area (Å²) in [6.45, 7) is 3.55. The normalized spacial score (nSPS) is 20.7. The highest BCUT2D eigenvalue weighted by Gasteiger charge is 2.40. The first kappa shape index (κ1) is 4.78. The van der Waals surface area contributed by atoms with E-state index in [0.717, 1.165) is 0 Å². The minimum atomic E-state index is -0.624. The molecule has 0 bridgehead atoms. The second-order valence-corrected chi connectivity index (χ2v) is 2.35. The summed E-state index contributed by atoms with van der Waals surface area (Å²) in [6, 6.07) is 0. The fraction of sp³-hybridized carbons (Fsp3) is 0.600. The SMILES string of the molecule is CC1(C)Oc2ooc2O1. The van der Waals surface area contributed by atoms with E-state index in [1.165, 1.54) is 0 Å². The van der Waals surface area contributed by atoms with Crippen molar-refractivity contribution in [2.24, 2.45) is 0 Å². The molecule has 0 aliphatic carbocycles. The maximum absolute atomic E-state index is 5.06. The van der Waals surface area contributed by atoms with E-state index in [2.05, 4.69) is 9.15 Å². The van der Waals surface area contributed by atoms with Gasteiger partial charge in [-0.25, -0.2) is 9.15 Å². The average Bonchev–Trinajstić information content (AvgIpc) is 1.90. The Morgan fingerprint density at radius 2 is 1.44 bits per heavy atom. The summed E-state index contributed by atoms with van der Waals surface area (Å²) in [6.07, 6.45) is 0. The Bertz CT molecular complexity index is 197. The lowest BCUT2D eigenvalue weighted by Crippen LogP contribution is -2.29. The molecule has 0 amide bonds. The van der Waals surface area contributed by atoms with Crippen LogP contribution in [-0.2, 0) is 0 Å². The van der Waals surface area contributed by atoms with Gasteiger partial charge in [0.2, 0.25) is 0 Å². The van der Waals surface area contributed by atoms with E-state index in [4.69, 9.17) is 9.47 Å². The molecule has 1 aliphatic rings. The lowest BCUT2D eigenvalue weighted by molar-refractivity contribution is -0.0471. The molecule has 9 heavy (non-hydrogen) atoms. The van der Waals surface area contributed by atoms with Gasteiger partial charge in [0, 0.05) is 13.8 Å². The summed E-state index contributed by atoms with van der Waals surface area (Å²) in [7, 11) is 0. The third kappa shape index (κ3) is 0.526. The minimum Gasteiger partial charge on any atom is -0.415 e. The van der Waals surface area contributed by atoms with Crippen LogP contribution in [0.5, 0.6) is 11.9 Å². The van der Waals surface area contributed by atoms with Crippen LogP contribution in [0, 0.1) is 0 Å². The van der Waals surface area contributed by atoms with Crippen molar-refractivity contribution in [3.05, 3.63) is 0 Å². The van der Waals surface area contributed by atoms with Gasteiger partial charge >= 0.3 is 11.9 Å². The highest BCUT2D eigenvalue weighted by molar-refractivity contribution is 5.22. The first-order chi connectivity index (χ1) is 4.17. The average molecular weight is 130 g/mol. The number of rotatable bonds is 0. The topological polar surface area (TPSA) is 44.7 Å². The Morgan fingerprint density at radius 1 is 1.00 bits per heavy atom. The third-order valence-electron chi connectivity index (χ3n) is 1.04. The van der Waals surface area contributed by atoms with Gasteiger partial charge in [-0.3, -0.25) is 0 Å². The van der Waals surface area contributed by atoms with Gasteiger partial charge in [0.05, 0.1) is 0 Å². The van der Waals surface area contributed by atoms with E-state index < -0.39 is 5.79 Å². The summed E-state index contributed by atoms with van der Waals surface area (Å²) >= 11 is 0. The molecular weight excluding hydrogens is 124 g/mol. The van der Waals surface area contributed by atoms with Gasteiger partial charge in [-0.2, -0.15) is 0 Å². The van der Waals surface area contributed by atoms with Crippen molar-refractivity contribution in [2.75, 3.05) is 0 Å². The zero-order valence-corrected chi connectivity index (χ0v) is 5.13. The monoisotopic (exact) mass is 130 g/mol. The lowest BCUT2D eigenvalue weighted by Gasteiger charge is -2.12. The molecule has 1 aromatic heterocycles. The maximum Gasteiger partial charge on any atom is 0.420 e. The first-order valence-electron chi connectivity index (χ1n) is 2.64. The molecule has 0 saturated carbocycles. The van der Waals surface area contributed by atoms with Gasteiger partial charge in [-0.1, -0.05) is 0 Å². The summed E-state index contributed by atoms with van der Waals surface area (Å²) < 4.78 is 19.0. The van der Waals surface area contributed by atoms with Crippen molar-refractivity contribution < 1.29 is 18.6 Å². The molecule has 0 spiro atoms. The second-order valence-electron chi connectivity index (χ2n) is 2.35. The van der Waals surface area contributed by atoms with Crippen LogP contribution in [0.2, 0.25) is 0 Å². The van der Waals surface area contributed by atoms with Crippen molar-refractivity contribution >= 4 is 0 Å². The van der Waals surface area contributed by atoms with Gasteiger partial charge in [0.1, 0.15) is 0 Å². The summed E-state index contributed by atoms with van der Waals surface area (Å²) in [4.78, 5) is 0. The predicted molar refractivity (Wildman–Crippen MR) is 26.3 cm³/mol. The van der Waals surface area contributed by atoms with Crippen molar-refractivity contribution in [3.63, 3.8) is 0 Å². The van der Waals surface area contributed by atoms with Crippen LogP contribution in [0.25, 0.3) is 0 Å². The Labute approximate surface area is 51.3 Å². The molecule has 0 radical (unpaired) electrons. The van der Waals surface area contributed by atoms with Crippen molar-refractivity contribution in [2.45, 2.75) is 19.6 Å². The largest absolute Gasteiger partial charge is 0.420 e. The first-order valence-corrected chi connectivity index (χ1v) is 2.64. The quantitative estimate of drug-likeness (QED) is 0.497. The molecular formula is C5H6O4. The van der Waals surface area contributed by atoms with Crippen molar-refractivity contribution in [1.82, 2.24) is 0 Å². The fourth-order valence-electron chi connectivity index (χ4n) is 0.694. The van der Waals surface area contributed by atoms with Crippen LogP contribution in [-0.4, -0.2) is 5.79 Å². The van der Waals surface area contributed by atoms with Crippen LogP contribution < -0.4 is 9.47 Å². The Hall–Kier alpha value is -1.06. The van der Waals surface area contributed by atoms with Gasteiger partial charge < -0.3 is 9.47 Å². The van der Waals surface area contributed by atoms with Crippen LogP contribution in [0.3, 0.4) is 0 Å². The Morgan fingerprint density at radius 3 is 1.67 bits per heavy atom. The highest BCUT2D eigenvalue weighted by Crippen LogP contribution is 2.42. The van der Waals surface area contributed by atoms with Crippen LogP contribution in [0.1, 0.15) is 13.8 Å². The number of ether oxygens (including phenoxy) is 2. The Balaban J connectivity index is 2.29. The molecule has 2 rings (SSSR count). The molecule has 2 heterocycles. The van der Waals surface area contributed by atoms with E-state index in [0.29, 0.717) is 11.9 Å². The highest BCUT2D eigenvalue weighted by atomic mass is 17.1. The van der Waals surface area contributed by atoms with Gasteiger partial charge in [-0.05, 0) is 0 Å². The zero-order valence-electron chi connectivity index (χ0n) is 5.13. The van der Waals surface area contributed by atoms with Crippen LogP contribution in [0.4, 0.5) is 0 Å². The third-order valence-corrected chi connectivity index (χ3v) is 1.04. The van der Waals surface area contributed by atoms with Gasteiger partial charge in [0.15, 0.2) is 0 Å². The second kappa shape index (κ2) is 1.10. The molecule has 1 aliphatic heterocycles. The van der Waals surface area contributed by atoms with Gasteiger partial charge in [-0.15, -0.1) is 0 Å².